The molecule has 4 nitrogen and oxygen atoms in total. The van der Waals surface area contributed by atoms with Crippen molar-refractivity contribution in [3.8, 4) is 73.2 Å². The standard InChI is InChI=1S/C51H36N4/c1-3-14-35(15-4-1)39-18-11-19-40(32-39)37-28-30-38(31-29-37)49-52-50(42-21-12-20-41(33-42)36-16-5-2-6-17-36)54-51(53-49)43-22-13-23-44(34-43)55-47-26-9-7-24-45(47)46-25-8-10-27-48(46)55/h1-7,9-24,26-34H,8,25H2. The molecule has 0 N–H and O–H groups in total. The molecule has 0 radical (unpaired) electrons. The van der Waals surface area contributed by atoms with Gasteiger partial charge in [-0.3, -0.25) is 0 Å². The number of benzene rings is 7. The lowest BCUT2D eigenvalue weighted by molar-refractivity contribution is 0.967. The van der Waals surface area contributed by atoms with Gasteiger partial charge in [0.2, 0.25) is 0 Å². The van der Waals surface area contributed by atoms with E-state index in [9.17, 15) is 0 Å². The molecule has 55 heavy (non-hydrogen) atoms. The van der Waals surface area contributed by atoms with Crippen molar-refractivity contribution in [1.29, 1.82) is 0 Å². The summed E-state index contributed by atoms with van der Waals surface area (Å²) in [6, 6.07) is 64.0. The summed E-state index contributed by atoms with van der Waals surface area (Å²) >= 11 is 0. The predicted molar refractivity (Wildman–Crippen MR) is 227 cm³/mol. The number of hydrogen-bond acceptors (Lipinski definition) is 3. The molecule has 2 heterocycles. The maximum Gasteiger partial charge on any atom is 0.164 e. The lowest BCUT2D eigenvalue weighted by Gasteiger charge is -2.14. The summed E-state index contributed by atoms with van der Waals surface area (Å²) in [4.78, 5) is 15.5. The minimum Gasteiger partial charge on any atom is -0.310 e. The van der Waals surface area contributed by atoms with Gasteiger partial charge in [0.1, 0.15) is 0 Å². The Morgan fingerprint density at radius 2 is 0.855 bits per heavy atom. The second kappa shape index (κ2) is 14.0. The van der Waals surface area contributed by atoms with E-state index in [1.165, 1.54) is 33.3 Å². The molecule has 7 aromatic carbocycles. The van der Waals surface area contributed by atoms with Crippen molar-refractivity contribution in [2.45, 2.75) is 12.8 Å². The van der Waals surface area contributed by atoms with Gasteiger partial charge < -0.3 is 4.57 Å². The van der Waals surface area contributed by atoms with Crippen LogP contribution in [-0.2, 0) is 6.42 Å². The fourth-order valence-corrected chi connectivity index (χ4v) is 7.80. The van der Waals surface area contributed by atoms with Crippen molar-refractivity contribution < 1.29 is 0 Å². The first-order valence-corrected chi connectivity index (χ1v) is 18.8. The normalized spacial score (nSPS) is 12.1. The van der Waals surface area contributed by atoms with E-state index in [0.29, 0.717) is 17.5 Å². The number of aryl methyl sites for hydroxylation is 1. The fourth-order valence-electron chi connectivity index (χ4n) is 7.80. The van der Waals surface area contributed by atoms with Crippen LogP contribution >= 0.6 is 0 Å². The summed E-state index contributed by atoms with van der Waals surface area (Å²) < 4.78 is 2.38. The molecule has 1 aliphatic carbocycles. The third-order valence-electron chi connectivity index (χ3n) is 10.5. The molecular weight excluding hydrogens is 669 g/mol. The maximum atomic E-state index is 5.16. The van der Waals surface area contributed by atoms with Gasteiger partial charge in [-0.05, 0) is 88.2 Å². The van der Waals surface area contributed by atoms with Crippen LogP contribution in [0.2, 0.25) is 0 Å². The summed E-state index contributed by atoms with van der Waals surface area (Å²) in [5.41, 5.74) is 14.7. The zero-order chi connectivity index (χ0) is 36.6. The molecular formula is C51H36N4. The molecule has 0 amide bonds. The summed E-state index contributed by atoms with van der Waals surface area (Å²) in [7, 11) is 0. The first kappa shape index (κ1) is 32.5. The van der Waals surface area contributed by atoms with Crippen LogP contribution in [0.3, 0.4) is 0 Å². The number of fused-ring (bicyclic) bond motifs is 3. The summed E-state index contributed by atoms with van der Waals surface area (Å²) in [5.74, 6) is 1.90. The molecule has 0 fully saturated rings. The van der Waals surface area contributed by atoms with Crippen LogP contribution in [0, 0.1) is 0 Å². The van der Waals surface area contributed by atoms with Crippen molar-refractivity contribution in [1.82, 2.24) is 19.5 Å². The highest BCUT2D eigenvalue weighted by Crippen LogP contribution is 2.36. The number of rotatable bonds is 7. The van der Waals surface area contributed by atoms with E-state index < -0.39 is 0 Å². The average Bonchev–Trinajstić information content (AvgIpc) is 3.61. The number of allylic oxidation sites excluding steroid dienone is 1. The molecule has 0 atom stereocenters. The Morgan fingerprint density at radius 1 is 0.382 bits per heavy atom. The number of para-hydroxylation sites is 1. The van der Waals surface area contributed by atoms with Crippen molar-refractivity contribution >= 4 is 17.0 Å². The minimum absolute atomic E-state index is 0.631. The summed E-state index contributed by atoms with van der Waals surface area (Å²) in [6.45, 7) is 0. The maximum absolute atomic E-state index is 5.16. The second-order valence-corrected chi connectivity index (χ2v) is 14.0. The molecule has 0 aliphatic heterocycles. The Kier molecular flexibility index (Phi) is 8.27. The van der Waals surface area contributed by atoms with Crippen LogP contribution in [0.25, 0.3) is 90.2 Å². The Bertz CT molecular complexity index is 2850. The van der Waals surface area contributed by atoms with Crippen molar-refractivity contribution in [3.63, 3.8) is 0 Å². The van der Waals surface area contributed by atoms with Crippen LogP contribution in [0.4, 0.5) is 0 Å². The SMILES string of the molecule is C1=Cc2c(c3ccccc3n2-c2cccc(-c3nc(-c4ccc(-c5cccc(-c6ccccc6)c5)cc4)nc(-c4cccc(-c5ccccc5)c4)n3)c2)CC1. The Labute approximate surface area is 320 Å². The Balaban J connectivity index is 1.08. The molecule has 0 saturated heterocycles. The number of nitrogens with zero attached hydrogens (tertiary/aromatic N) is 4. The van der Waals surface area contributed by atoms with Crippen LogP contribution in [0.15, 0.2) is 188 Å². The van der Waals surface area contributed by atoms with Crippen molar-refractivity contribution in [3.05, 3.63) is 199 Å². The van der Waals surface area contributed by atoms with Gasteiger partial charge in [-0.2, -0.15) is 0 Å². The van der Waals surface area contributed by atoms with E-state index >= 15 is 0 Å². The van der Waals surface area contributed by atoms with Gasteiger partial charge in [-0.1, -0.05) is 158 Å². The summed E-state index contributed by atoms with van der Waals surface area (Å²) in [6.07, 6.45) is 6.65. The molecule has 1 aliphatic rings. The van der Waals surface area contributed by atoms with Crippen molar-refractivity contribution in [2.24, 2.45) is 0 Å². The van der Waals surface area contributed by atoms with E-state index in [1.54, 1.807) is 0 Å². The van der Waals surface area contributed by atoms with Crippen LogP contribution in [0.5, 0.6) is 0 Å². The Hall–Kier alpha value is -7.17. The molecule has 4 heteroatoms. The molecule has 9 aromatic rings. The van der Waals surface area contributed by atoms with Gasteiger partial charge in [0.15, 0.2) is 17.5 Å². The van der Waals surface area contributed by atoms with E-state index in [1.807, 2.05) is 6.07 Å². The van der Waals surface area contributed by atoms with E-state index in [2.05, 4.69) is 193 Å². The van der Waals surface area contributed by atoms with E-state index in [-0.39, 0.29) is 0 Å². The van der Waals surface area contributed by atoms with Gasteiger partial charge in [0, 0.05) is 33.5 Å². The largest absolute Gasteiger partial charge is 0.310 e. The quantitative estimate of drug-likeness (QED) is 0.166. The highest BCUT2D eigenvalue weighted by molar-refractivity contribution is 5.91. The van der Waals surface area contributed by atoms with E-state index in [4.69, 9.17) is 15.0 Å². The highest BCUT2D eigenvalue weighted by atomic mass is 15.0. The molecule has 10 rings (SSSR count). The molecule has 260 valence electrons. The number of aromatic nitrogens is 4. The lowest BCUT2D eigenvalue weighted by Crippen LogP contribution is -2.02. The van der Waals surface area contributed by atoms with Gasteiger partial charge in [-0.15, -0.1) is 0 Å². The molecule has 2 aromatic heterocycles. The van der Waals surface area contributed by atoms with Gasteiger partial charge in [0.25, 0.3) is 0 Å². The summed E-state index contributed by atoms with van der Waals surface area (Å²) in [5, 5.41) is 1.31. The second-order valence-electron chi connectivity index (χ2n) is 14.0. The number of hydrogen-bond donors (Lipinski definition) is 0. The zero-order valence-corrected chi connectivity index (χ0v) is 30.2. The van der Waals surface area contributed by atoms with Gasteiger partial charge in [0.05, 0.1) is 5.52 Å². The Morgan fingerprint density at radius 3 is 1.51 bits per heavy atom. The molecule has 0 unspecified atom stereocenters. The van der Waals surface area contributed by atoms with E-state index in [0.717, 1.165) is 57.5 Å². The fraction of sp³-hybridized carbons (Fsp3) is 0.0392. The minimum atomic E-state index is 0.631. The highest BCUT2D eigenvalue weighted by Gasteiger charge is 2.19. The average molecular weight is 705 g/mol. The monoisotopic (exact) mass is 704 g/mol. The van der Waals surface area contributed by atoms with Crippen LogP contribution in [0.1, 0.15) is 17.7 Å². The molecule has 0 bridgehead atoms. The zero-order valence-electron chi connectivity index (χ0n) is 30.2. The van der Waals surface area contributed by atoms with Crippen LogP contribution < -0.4 is 0 Å². The molecule has 0 spiro atoms. The third-order valence-corrected chi connectivity index (χ3v) is 10.5. The van der Waals surface area contributed by atoms with Gasteiger partial charge >= 0.3 is 0 Å². The van der Waals surface area contributed by atoms with Crippen LogP contribution in [-0.4, -0.2) is 19.5 Å². The first-order valence-electron chi connectivity index (χ1n) is 18.8. The lowest BCUT2D eigenvalue weighted by atomic mass is 9.98. The van der Waals surface area contributed by atoms with Gasteiger partial charge in [-0.25, -0.2) is 15.0 Å². The third kappa shape index (κ3) is 6.24. The topological polar surface area (TPSA) is 43.6 Å². The predicted octanol–water partition coefficient (Wildman–Crippen LogP) is 12.8. The van der Waals surface area contributed by atoms with Crippen molar-refractivity contribution in [2.75, 3.05) is 0 Å². The first-order chi connectivity index (χ1) is 27.2. The smallest absolute Gasteiger partial charge is 0.164 e. The molecule has 0 saturated carbocycles.